The summed E-state index contributed by atoms with van der Waals surface area (Å²) >= 11 is 0. The smallest absolute Gasteiger partial charge is 0.262 e. The van der Waals surface area contributed by atoms with E-state index < -0.39 is 10.0 Å². The molecule has 1 rings (SSSR count). The Morgan fingerprint density at radius 1 is 1.23 bits per heavy atom. The summed E-state index contributed by atoms with van der Waals surface area (Å²) in [7, 11) is -3.83. The van der Waals surface area contributed by atoms with Gasteiger partial charge in [-0.1, -0.05) is 17.0 Å². The molecular formula is C7H7NO4S. The maximum Gasteiger partial charge on any atom is 0.262 e. The molecule has 1 aromatic carbocycles. The summed E-state index contributed by atoms with van der Waals surface area (Å²) in [6, 6.07) is 5.14. The van der Waals surface area contributed by atoms with E-state index in [2.05, 4.69) is 0 Å². The number of hydrogen-bond acceptors (Lipinski definition) is 4. The zero-order chi connectivity index (χ0) is 9.90. The van der Waals surface area contributed by atoms with Gasteiger partial charge in [0.25, 0.3) is 10.0 Å². The minimum absolute atomic E-state index is 0.0967. The molecule has 0 amide bonds. The third kappa shape index (κ3) is 2.11. The highest BCUT2D eigenvalue weighted by Crippen LogP contribution is 2.08. The molecule has 5 nitrogen and oxygen atoms in total. The Bertz CT molecular complexity index is 395. The number of aldehydes is 1. The van der Waals surface area contributed by atoms with Gasteiger partial charge in [-0.05, 0) is 12.1 Å². The lowest BCUT2D eigenvalue weighted by Crippen LogP contribution is -2.19. The van der Waals surface area contributed by atoms with E-state index in [0.29, 0.717) is 11.8 Å². The molecule has 0 aliphatic heterocycles. The second-order valence-electron chi connectivity index (χ2n) is 2.28. The highest BCUT2D eigenvalue weighted by Gasteiger charge is 2.11. The van der Waals surface area contributed by atoms with Crippen LogP contribution in [0, 0.1) is 0 Å². The Kier molecular flexibility index (Phi) is 2.76. The van der Waals surface area contributed by atoms with Gasteiger partial charge in [0.15, 0.2) is 0 Å². The predicted octanol–water partition coefficient (Wildman–Crippen LogP) is 0.167. The Morgan fingerprint density at radius 2 is 1.77 bits per heavy atom. The molecule has 0 unspecified atom stereocenters. The lowest BCUT2D eigenvalue weighted by atomic mass is 10.2. The zero-order valence-corrected chi connectivity index (χ0v) is 7.28. The molecule has 0 radical (unpaired) electrons. The fourth-order valence-electron chi connectivity index (χ4n) is 0.778. The van der Waals surface area contributed by atoms with Gasteiger partial charge in [0.2, 0.25) is 0 Å². The number of carbonyl (C=O) groups excluding carboxylic acids is 1. The van der Waals surface area contributed by atoms with Crippen LogP contribution < -0.4 is 4.89 Å². The third-order valence-electron chi connectivity index (χ3n) is 1.45. The molecule has 0 aromatic heterocycles. The van der Waals surface area contributed by atoms with Gasteiger partial charge in [-0.3, -0.25) is 4.79 Å². The van der Waals surface area contributed by atoms with Gasteiger partial charge in [-0.25, -0.2) is 8.42 Å². The first-order valence-corrected chi connectivity index (χ1v) is 4.79. The van der Waals surface area contributed by atoms with Gasteiger partial charge in [0, 0.05) is 5.56 Å². The average Bonchev–Trinajstić information content (AvgIpc) is 2.18. The topological polar surface area (TPSA) is 83.5 Å². The molecule has 6 heteroatoms. The standard InChI is InChI=1S/C7H7NO4S/c9-5-6-1-3-7(4-2-6)13(11,12)8-10/h1-5,8,10H. The number of rotatable bonds is 3. The van der Waals surface area contributed by atoms with Crippen LogP contribution in [0.25, 0.3) is 0 Å². The predicted molar refractivity (Wildman–Crippen MR) is 43.9 cm³/mol. The molecule has 0 heterocycles. The van der Waals surface area contributed by atoms with Gasteiger partial charge < -0.3 is 5.21 Å². The van der Waals surface area contributed by atoms with E-state index >= 15 is 0 Å². The van der Waals surface area contributed by atoms with E-state index in [-0.39, 0.29) is 4.90 Å². The second-order valence-corrected chi connectivity index (χ2v) is 3.94. The maximum absolute atomic E-state index is 11.0. The summed E-state index contributed by atoms with van der Waals surface area (Å²) in [6.07, 6.45) is 0.600. The molecule has 0 atom stereocenters. The first-order chi connectivity index (χ1) is 6.10. The molecule has 0 bridgehead atoms. The summed E-state index contributed by atoms with van der Waals surface area (Å²) < 4.78 is 21.9. The van der Waals surface area contributed by atoms with Crippen LogP contribution in [0.15, 0.2) is 29.2 Å². The largest absolute Gasteiger partial charge is 0.302 e. The molecule has 13 heavy (non-hydrogen) atoms. The Labute approximate surface area is 75.0 Å². The Hall–Kier alpha value is -1.24. The van der Waals surface area contributed by atoms with E-state index in [1.807, 2.05) is 0 Å². The Morgan fingerprint density at radius 3 is 2.15 bits per heavy atom. The van der Waals surface area contributed by atoms with Crippen LogP contribution in [0.3, 0.4) is 0 Å². The third-order valence-corrected chi connectivity index (χ3v) is 2.58. The van der Waals surface area contributed by atoms with Gasteiger partial charge in [-0.15, -0.1) is 0 Å². The first kappa shape index (κ1) is 9.85. The highest BCUT2D eigenvalue weighted by molar-refractivity contribution is 7.89. The summed E-state index contributed by atoms with van der Waals surface area (Å²) in [5, 5.41) is 8.27. The van der Waals surface area contributed by atoms with Crippen LogP contribution in [0.5, 0.6) is 0 Å². The minimum Gasteiger partial charge on any atom is -0.302 e. The van der Waals surface area contributed by atoms with Crippen molar-refractivity contribution in [1.82, 2.24) is 4.89 Å². The number of nitrogens with one attached hydrogen (secondary N) is 1. The normalized spacial score (nSPS) is 11.2. The summed E-state index contributed by atoms with van der Waals surface area (Å²) in [5.41, 5.74) is 0.372. The molecule has 1 aromatic rings. The van der Waals surface area contributed by atoms with E-state index in [9.17, 15) is 13.2 Å². The summed E-state index contributed by atoms with van der Waals surface area (Å²) in [6.45, 7) is 0. The van der Waals surface area contributed by atoms with Gasteiger partial charge in [0.1, 0.15) is 6.29 Å². The van der Waals surface area contributed by atoms with Crippen molar-refractivity contribution in [2.24, 2.45) is 0 Å². The fraction of sp³-hybridized carbons (Fsp3) is 0. The number of carbonyl (C=O) groups is 1. The van der Waals surface area contributed by atoms with E-state index in [1.54, 1.807) is 0 Å². The van der Waals surface area contributed by atoms with Crippen LogP contribution >= 0.6 is 0 Å². The zero-order valence-electron chi connectivity index (χ0n) is 6.47. The molecule has 0 fully saturated rings. The average molecular weight is 201 g/mol. The van der Waals surface area contributed by atoms with Crippen molar-refractivity contribution >= 4 is 16.3 Å². The van der Waals surface area contributed by atoms with Crippen LogP contribution in [0.1, 0.15) is 10.4 Å². The summed E-state index contributed by atoms with van der Waals surface area (Å²) in [5.74, 6) is 0. The van der Waals surface area contributed by atoms with Gasteiger partial charge >= 0.3 is 0 Å². The quantitative estimate of drug-likeness (QED) is 0.539. The monoisotopic (exact) mass is 201 g/mol. The van der Waals surface area contributed by atoms with Gasteiger partial charge in [0.05, 0.1) is 4.90 Å². The lowest BCUT2D eigenvalue weighted by Gasteiger charge is -2.00. The van der Waals surface area contributed by atoms with Crippen molar-refractivity contribution in [2.75, 3.05) is 0 Å². The number of benzene rings is 1. The van der Waals surface area contributed by atoms with Crippen molar-refractivity contribution in [3.8, 4) is 0 Å². The number of hydrogen-bond donors (Lipinski definition) is 2. The molecule has 0 spiro atoms. The highest BCUT2D eigenvalue weighted by atomic mass is 32.2. The van der Waals surface area contributed by atoms with Crippen LogP contribution in [-0.2, 0) is 10.0 Å². The molecule has 0 aliphatic carbocycles. The molecule has 70 valence electrons. The second kappa shape index (κ2) is 3.65. The molecular weight excluding hydrogens is 194 g/mol. The van der Waals surface area contributed by atoms with Crippen molar-refractivity contribution in [3.05, 3.63) is 29.8 Å². The molecule has 0 aliphatic rings. The SMILES string of the molecule is O=Cc1ccc(S(=O)(=O)NO)cc1. The van der Waals surface area contributed by atoms with Gasteiger partial charge in [-0.2, -0.15) is 0 Å². The van der Waals surface area contributed by atoms with E-state index in [0.717, 1.165) is 0 Å². The number of sulfonamides is 1. The fourth-order valence-corrected chi connectivity index (χ4v) is 1.38. The van der Waals surface area contributed by atoms with E-state index in [4.69, 9.17) is 5.21 Å². The van der Waals surface area contributed by atoms with Crippen molar-refractivity contribution in [3.63, 3.8) is 0 Å². The van der Waals surface area contributed by atoms with Crippen molar-refractivity contribution in [2.45, 2.75) is 4.90 Å². The summed E-state index contributed by atoms with van der Waals surface area (Å²) in [4.78, 5) is 11.3. The van der Waals surface area contributed by atoms with E-state index in [1.165, 1.54) is 29.2 Å². The maximum atomic E-state index is 11.0. The Balaban J connectivity index is 3.13. The van der Waals surface area contributed by atoms with Crippen LogP contribution in [0.4, 0.5) is 0 Å². The molecule has 2 N–H and O–H groups in total. The first-order valence-electron chi connectivity index (χ1n) is 3.31. The molecule has 0 saturated heterocycles. The lowest BCUT2D eigenvalue weighted by molar-refractivity contribution is 0.112. The molecule has 0 saturated carbocycles. The minimum atomic E-state index is -3.83. The van der Waals surface area contributed by atoms with Crippen LogP contribution in [-0.4, -0.2) is 19.9 Å². The van der Waals surface area contributed by atoms with Crippen molar-refractivity contribution < 1.29 is 18.4 Å². The van der Waals surface area contributed by atoms with Crippen molar-refractivity contribution in [1.29, 1.82) is 0 Å². The van der Waals surface area contributed by atoms with Crippen LogP contribution in [0.2, 0.25) is 0 Å².